The van der Waals surface area contributed by atoms with E-state index in [4.69, 9.17) is 0 Å². The van der Waals surface area contributed by atoms with Crippen molar-refractivity contribution in [1.82, 2.24) is 14.9 Å². The van der Waals surface area contributed by atoms with E-state index >= 15 is 0 Å². The number of fused-ring (bicyclic) bond motifs is 1. The number of aryl methyl sites for hydroxylation is 1. The molecule has 2 aromatic rings. The van der Waals surface area contributed by atoms with Crippen molar-refractivity contribution in [2.45, 2.75) is 12.7 Å². The van der Waals surface area contributed by atoms with Crippen molar-refractivity contribution in [3.63, 3.8) is 0 Å². The van der Waals surface area contributed by atoms with Crippen molar-refractivity contribution in [2.24, 2.45) is 7.05 Å². The second-order valence-electron chi connectivity index (χ2n) is 3.86. The number of aromatic nitrogens is 2. The number of alkyl halides is 3. The summed E-state index contributed by atoms with van der Waals surface area (Å²) in [5.41, 5.74) is 2.12. The van der Waals surface area contributed by atoms with Crippen molar-refractivity contribution in [3.8, 4) is 0 Å². The second-order valence-corrected chi connectivity index (χ2v) is 3.86. The van der Waals surface area contributed by atoms with Crippen molar-refractivity contribution in [3.05, 3.63) is 30.1 Å². The molecule has 96 valence electrons. The van der Waals surface area contributed by atoms with E-state index in [-0.39, 0.29) is 6.54 Å². The number of amides is 1. The van der Waals surface area contributed by atoms with Crippen LogP contribution in [0.15, 0.2) is 24.5 Å². The Morgan fingerprint density at radius 3 is 2.83 bits per heavy atom. The third-order valence-corrected chi connectivity index (χ3v) is 2.50. The molecule has 1 amide bonds. The van der Waals surface area contributed by atoms with Gasteiger partial charge in [-0.3, -0.25) is 4.79 Å². The molecule has 1 N–H and O–H groups in total. The average molecular weight is 257 g/mol. The summed E-state index contributed by atoms with van der Waals surface area (Å²) in [5, 5.41) is 1.81. The molecule has 0 spiro atoms. The molecular weight excluding hydrogens is 247 g/mol. The highest BCUT2D eigenvalue weighted by atomic mass is 19.4. The zero-order chi connectivity index (χ0) is 13.3. The summed E-state index contributed by atoms with van der Waals surface area (Å²) >= 11 is 0. The zero-order valence-corrected chi connectivity index (χ0v) is 9.45. The number of rotatable bonds is 2. The number of carbonyl (C=O) groups excluding carboxylic acids is 1. The summed E-state index contributed by atoms with van der Waals surface area (Å²) in [6, 6.07) is 5.05. The number of nitrogens with zero attached hydrogens (tertiary/aromatic N) is 2. The molecule has 0 unspecified atom stereocenters. The SMILES string of the molecule is Cn1cnc2cc(CNC(=O)C(F)(F)F)ccc21. The quantitative estimate of drug-likeness (QED) is 0.891. The maximum Gasteiger partial charge on any atom is 0.471 e. The largest absolute Gasteiger partial charge is 0.471 e. The molecule has 7 heteroatoms. The van der Waals surface area contributed by atoms with Gasteiger partial charge in [0.05, 0.1) is 17.4 Å². The highest BCUT2D eigenvalue weighted by molar-refractivity contribution is 5.82. The summed E-state index contributed by atoms with van der Waals surface area (Å²) in [4.78, 5) is 14.7. The number of halogens is 3. The van der Waals surface area contributed by atoms with Crippen LogP contribution in [0.4, 0.5) is 13.2 Å². The van der Waals surface area contributed by atoms with E-state index in [0.29, 0.717) is 11.1 Å². The van der Waals surface area contributed by atoms with Gasteiger partial charge in [-0.2, -0.15) is 13.2 Å². The number of hydrogen-bond donors (Lipinski definition) is 1. The number of benzene rings is 1. The van der Waals surface area contributed by atoms with E-state index in [1.165, 1.54) is 0 Å². The monoisotopic (exact) mass is 257 g/mol. The van der Waals surface area contributed by atoms with Crippen LogP contribution in [0.2, 0.25) is 0 Å². The molecule has 0 saturated heterocycles. The van der Waals surface area contributed by atoms with Crippen LogP contribution in [0.1, 0.15) is 5.56 Å². The Kier molecular flexibility index (Phi) is 2.98. The minimum absolute atomic E-state index is 0.176. The number of carbonyl (C=O) groups is 1. The van der Waals surface area contributed by atoms with Gasteiger partial charge in [-0.15, -0.1) is 0 Å². The Bertz CT molecular complexity index is 589. The predicted octanol–water partition coefficient (Wildman–Crippen LogP) is 1.75. The van der Waals surface area contributed by atoms with Gasteiger partial charge in [0.1, 0.15) is 0 Å². The van der Waals surface area contributed by atoms with Crippen LogP contribution in [0.3, 0.4) is 0 Å². The van der Waals surface area contributed by atoms with Crippen LogP contribution in [-0.2, 0) is 18.4 Å². The smallest absolute Gasteiger partial charge is 0.344 e. The normalized spacial score (nSPS) is 11.8. The molecule has 0 atom stereocenters. The first-order chi connectivity index (χ1) is 8.38. The number of imidazole rings is 1. The van der Waals surface area contributed by atoms with Crippen LogP contribution < -0.4 is 5.32 Å². The lowest BCUT2D eigenvalue weighted by atomic mass is 10.2. The maximum atomic E-state index is 12.0. The van der Waals surface area contributed by atoms with Crippen molar-refractivity contribution in [2.75, 3.05) is 0 Å². The summed E-state index contributed by atoms with van der Waals surface area (Å²) in [6.45, 7) is -0.176. The van der Waals surface area contributed by atoms with Crippen LogP contribution in [0.5, 0.6) is 0 Å². The molecule has 0 fully saturated rings. The predicted molar refractivity (Wildman–Crippen MR) is 58.6 cm³/mol. The van der Waals surface area contributed by atoms with Crippen LogP contribution in [0, 0.1) is 0 Å². The Morgan fingerprint density at radius 1 is 1.44 bits per heavy atom. The van der Waals surface area contributed by atoms with Crippen LogP contribution in [0.25, 0.3) is 11.0 Å². The van der Waals surface area contributed by atoms with Gasteiger partial charge in [0.15, 0.2) is 0 Å². The lowest BCUT2D eigenvalue weighted by Gasteiger charge is -2.07. The maximum absolute atomic E-state index is 12.0. The molecule has 1 aromatic carbocycles. The van der Waals surface area contributed by atoms with E-state index in [9.17, 15) is 18.0 Å². The fourth-order valence-electron chi connectivity index (χ4n) is 1.57. The third-order valence-electron chi connectivity index (χ3n) is 2.50. The molecule has 0 aliphatic carbocycles. The third kappa shape index (κ3) is 2.44. The van der Waals surface area contributed by atoms with Crippen molar-refractivity contribution in [1.29, 1.82) is 0 Å². The van der Waals surface area contributed by atoms with E-state index in [0.717, 1.165) is 5.52 Å². The van der Waals surface area contributed by atoms with E-state index in [1.807, 2.05) is 12.4 Å². The summed E-state index contributed by atoms with van der Waals surface area (Å²) in [6.07, 6.45) is -3.24. The molecular formula is C11H10F3N3O. The highest BCUT2D eigenvalue weighted by Gasteiger charge is 2.38. The first-order valence-electron chi connectivity index (χ1n) is 5.13. The molecule has 0 aliphatic rings. The van der Waals surface area contributed by atoms with Crippen LogP contribution in [-0.4, -0.2) is 21.6 Å². The summed E-state index contributed by atoms with van der Waals surface area (Å²) in [5.74, 6) is -1.94. The molecule has 18 heavy (non-hydrogen) atoms. The Morgan fingerprint density at radius 2 is 2.17 bits per heavy atom. The fourth-order valence-corrected chi connectivity index (χ4v) is 1.57. The molecule has 0 aliphatic heterocycles. The van der Waals surface area contributed by atoms with Crippen molar-refractivity contribution >= 4 is 16.9 Å². The molecule has 0 saturated carbocycles. The van der Waals surface area contributed by atoms with E-state index in [2.05, 4.69) is 4.98 Å². The molecule has 4 nitrogen and oxygen atoms in total. The Hall–Kier alpha value is -2.05. The molecule has 2 rings (SSSR count). The van der Waals surface area contributed by atoms with Gasteiger partial charge in [-0.25, -0.2) is 4.98 Å². The Balaban J connectivity index is 2.11. The zero-order valence-electron chi connectivity index (χ0n) is 9.45. The van der Waals surface area contributed by atoms with Crippen molar-refractivity contribution < 1.29 is 18.0 Å². The molecule has 0 radical (unpaired) electrons. The highest BCUT2D eigenvalue weighted by Crippen LogP contribution is 2.16. The van der Waals surface area contributed by atoms with Gasteiger partial charge in [0, 0.05) is 13.6 Å². The topological polar surface area (TPSA) is 46.9 Å². The first-order valence-corrected chi connectivity index (χ1v) is 5.13. The van der Waals surface area contributed by atoms with Gasteiger partial charge in [-0.05, 0) is 17.7 Å². The van der Waals surface area contributed by atoms with Gasteiger partial charge in [0.2, 0.25) is 0 Å². The molecule has 1 heterocycles. The van der Waals surface area contributed by atoms with Gasteiger partial charge < -0.3 is 9.88 Å². The van der Waals surface area contributed by atoms with Crippen LogP contribution >= 0.6 is 0 Å². The first kappa shape index (κ1) is 12.4. The number of hydrogen-bond acceptors (Lipinski definition) is 2. The molecule has 0 bridgehead atoms. The summed E-state index contributed by atoms with van der Waals surface area (Å²) < 4.78 is 37.7. The second kappa shape index (κ2) is 4.32. The lowest BCUT2D eigenvalue weighted by Crippen LogP contribution is -2.36. The standard InChI is InChI=1S/C11H10F3N3O/c1-17-6-16-8-4-7(2-3-9(8)17)5-15-10(18)11(12,13)14/h2-4,6H,5H2,1H3,(H,15,18). The van der Waals surface area contributed by atoms with E-state index in [1.54, 1.807) is 29.1 Å². The van der Waals surface area contributed by atoms with Gasteiger partial charge in [-0.1, -0.05) is 6.07 Å². The summed E-state index contributed by atoms with van der Waals surface area (Å²) in [7, 11) is 1.82. The number of nitrogens with one attached hydrogen (secondary N) is 1. The van der Waals surface area contributed by atoms with Gasteiger partial charge >= 0.3 is 12.1 Å². The average Bonchev–Trinajstić information content (AvgIpc) is 2.66. The minimum Gasteiger partial charge on any atom is -0.344 e. The Labute approximate surface area is 100 Å². The lowest BCUT2D eigenvalue weighted by molar-refractivity contribution is -0.173. The molecule has 1 aromatic heterocycles. The van der Waals surface area contributed by atoms with E-state index < -0.39 is 12.1 Å². The fraction of sp³-hybridized carbons (Fsp3) is 0.273. The van der Waals surface area contributed by atoms with Gasteiger partial charge in [0.25, 0.3) is 0 Å². The minimum atomic E-state index is -4.85.